The van der Waals surface area contributed by atoms with E-state index in [0.29, 0.717) is 5.56 Å². The Balaban J connectivity index is 2.60. The zero-order valence-corrected chi connectivity index (χ0v) is 11.9. The number of rotatable bonds is 2. The summed E-state index contributed by atoms with van der Waals surface area (Å²) in [4.78, 5) is 0. The molecular formula is C10H8BrIN4. The van der Waals surface area contributed by atoms with Crippen LogP contribution in [-0.2, 0) is 0 Å². The van der Waals surface area contributed by atoms with Crippen LogP contribution in [0, 0.1) is 8.98 Å². The smallest absolute Gasteiger partial charge is 0.125 e. The maximum Gasteiger partial charge on any atom is 0.125 e. The van der Waals surface area contributed by atoms with E-state index in [1.807, 2.05) is 24.4 Å². The number of nitrogens with zero attached hydrogens (tertiary/aromatic N) is 2. The Kier molecular flexibility index (Phi) is 3.29. The molecule has 2 rings (SSSR count). The molecule has 0 fully saturated rings. The molecule has 0 unspecified atom stereocenters. The van der Waals surface area contributed by atoms with Gasteiger partial charge in [0.1, 0.15) is 5.84 Å². The van der Waals surface area contributed by atoms with Crippen LogP contribution in [0.4, 0.5) is 0 Å². The topological polar surface area (TPSA) is 67.7 Å². The van der Waals surface area contributed by atoms with Crippen molar-refractivity contribution >= 4 is 44.4 Å². The third-order valence-corrected chi connectivity index (χ3v) is 3.10. The summed E-state index contributed by atoms with van der Waals surface area (Å²) in [5.41, 5.74) is 7.01. The minimum absolute atomic E-state index is 0.0295. The third kappa shape index (κ3) is 2.27. The van der Waals surface area contributed by atoms with Crippen molar-refractivity contribution in [1.82, 2.24) is 9.78 Å². The highest BCUT2D eigenvalue weighted by molar-refractivity contribution is 14.1. The number of hydrogen-bond acceptors (Lipinski definition) is 2. The second-order valence-corrected chi connectivity index (χ2v) is 5.34. The van der Waals surface area contributed by atoms with Gasteiger partial charge in [-0.3, -0.25) is 5.41 Å². The zero-order chi connectivity index (χ0) is 11.7. The minimum Gasteiger partial charge on any atom is -0.384 e. The van der Waals surface area contributed by atoms with Crippen molar-refractivity contribution < 1.29 is 0 Å². The first kappa shape index (κ1) is 11.6. The molecule has 4 nitrogen and oxygen atoms in total. The van der Waals surface area contributed by atoms with E-state index in [4.69, 9.17) is 11.1 Å². The van der Waals surface area contributed by atoms with Gasteiger partial charge in [0, 0.05) is 16.2 Å². The van der Waals surface area contributed by atoms with E-state index in [1.165, 1.54) is 0 Å². The maximum absolute atomic E-state index is 7.54. The molecule has 1 heterocycles. The lowest BCUT2D eigenvalue weighted by Gasteiger charge is -2.08. The van der Waals surface area contributed by atoms with Crippen LogP contribution >= 0.6 is 38.5 Å². The molecule has 0 atom stereocenters. The molecule has 0 radical (unpaired) electrons. The summed E-state index contributed by atoms with van der Waals surface area (Å²) >= 11 is 5.54. The number of nitrogens with one attached hydrogen (secondary N) is 1. The van der Waals surface area contributed by atoms with E-state index in [0.717, 1.165) is 13.7 Å². The minimum atomic E-state index is 0.0295. The molecule has 1 aromatic heterocycles. The Morgan fingerprint density at radius 1 is 1.50 bits per heavy atom. The SMILES string of the molecule is N=C(N)c1cc(Br)ccc1-n1cc(I)cn1. The third-order valence-electron chi connectivity index (χ3n) is 2.05. The van der Waals surface area contributed by atoms with Gasteiger partial charge in [0.05, 0.1) is 15.5 Å². The van der Waals surface area contributed by atoms with E-state index in [2.05, 4.69) is 43.6 Å². The Morgan fingerprint density at radius 2 is 2.25 bits per heavy atom. The van der Waals surface area contributed by atoms with Gasteiger partial charge in [-0.2, -0.15) is 5.10 Å². The van der Waals surface area contributed by atoms with Gasteiger partial charge in [-0.15, -0.1) is 0 Å². The van der Waals surface area contributed by atoms with Crippen LogP contribution in [0.1, 0.15) is 5.56 Å². The number of hydrogen-bond donors (Lipinski definition) is 2. The highest BCUT2D eigenvalue weighted by Crippen LogP contribution is 2.20. The van der Waals surface area contributed by atoms with Crippen LogP contribution < -0.4 is 5.73 Å². The lowest BCUT2D eigenvalue weighted by Crippen LogP contribution is -2.15. The molecule has 0 aliphatic heterocycles. The Hall–Kier alpha value is -0.890. The number of amidine groups is 1. The first-order chi connectivity index (χ1) is 7.58. The van der Waals surface area contributed by atoms with Gasteiger partial charge in [0.25, 0.3) is 0 Å². The molecule has 82 valence electrons. The van der Waals surface area contributed by atoms with Crippen LogP contribution in [0.15, 0.2) is 35.1 Å². The molecule has 0 aliphatic rings. The monoisotopic (exact) mass is 390 g/mol. The molecule has 0 spiro atoms. The maximum atomic E-state index is 7.54. The normalized spacial score (nSPS) is 10.4. The van der Waals surface area contributed by atoms with Gasteiger partial charge in [-0.05, 0) is 40.8 Å². The summed E-state index contributed by atoms with van der Waals surface area (Å²) in [7, 11) is 0. The van der Waals surface area contributed by atoms with Crippen molar-refractivity contribution in [1.29, 1.82) is 5.41 Å². The van der Waals surface area contributed by atoms with Crippen molar-refractivity contribution in [2.24, 2.45) is 5.73 Å². The number of aromatic nitrogens is 2. The van der Waals surface area contributed by atoms with Crippen LogP contribution in [0.25, 0.3) is 5.69 Å². The van der Waals surface area contributed by atoms with Crippen LogP contribution in [0.5, 0.6) is 0 Å². The van der Waals surface area contributed by atoms with Crippen LogP contribution in [0.2, 0.25) is 0 Å². The molecule has 0 bridgehead atoms. The molecule has 6 heteroatoms. The van der Waals surface area contributed by atoms with Crippen molar-refractivity contribution in [3.63, 3.8) is 0 Å². The van der Waals surface area contributed by atoms with E-state index in [1.54, 1.807) is 10.9 Å². The average molecular weight is 391 g/mol. The summed E-state index contributed by atoms with van der Waals surface area (Å²) in [6.07, 6.45) is 3.64. The van der Waals surface area contributed by atoms with E-state index in [-0.39, 0.29) is 5.84 Å². The van der Waals surface area contributed by atoms with E-state index in [9.17, 15) is 0 Å². The Labute approximate surface area is 115 Å². The van der Waals surface area contributed by atoms with Gasteiger partial charge in [-0.1, -0.05) is 15.9 Å². The number of benzene rings is 1. The van der Waals surface area contributed by atoms with Gasteiger partial charge >= 0.3 is 0 Å². The van der Waals surface area contributed by atoms with Gasteiger partial charge in [-0.25, -0.2) is 4.68 Å². The summed E-state index contributed by atoms with van der Waals surface area (Å²) in [5, 5.41) is 11.7. The predicted molar refractivity (Wildman–Crippen MR) is 75.0 cm³/mol. The quantitative estimate of drug-likeness (QED) is 0.470. The first-order valence-corrected chi connectivity index (χ1v) is 6.29. The highest BCUT2D eigenvalue weighted by Gasteiger charge is 2.08. The number of nitrogen functional groups attached to an aromatic ring is 1. The predicted octanol–water partition coefficient (Wildman–Crippen LogP) is 2.52. The summed E-state index contributed by atoms with van der Waals surface area (Å²) in [6, 6.07) is 5.59. The molecule has 1 aromatic carbocycles. The molecule has 16 heavy (non-hydrogen) atoms. The molecule has 3 N–H and O–H groups in total. The summed E-state index contributed by atoms with van der Waals surface area (Å²) < 4.78 is 3.64. The van der Waals surface area contributed by atoms with Crippen molar-refractivity contribution in [2.45, 2.75) is 0 Å². The lowest BCUT2D eigenvalue weighted by molar-refractivity contribution is 0.877. The van der Waals surface area contributed by atoms with Gasteiger partial charge < -0.3 is 5.73 Å². The number of halogens is 2. The van der Waals surface area contributed by atoms with Gasteiger partial charge in [0.15, 0.2) is 0 Å². The average Bonchev–Trinajstić information content (AvgIpc) is 2.64. The zero-order valence-electron chi connectivity index (χ0n) is 8.11. The first-order valence-electron chi connectivity index (χ1n) is 4.42. The standard InChI is InChI=1S/C10H8BrIN4/c11-6-1-2-9(8(3-6)10(13)14)16-5-7(12)4-15-16/h1-5H,(H3,13,14). The highest BCUT2D eigenvalue weighted by atomic mass is 127. The Morgan fingerprint density at radius 3 is 2.81 bits per heavy atom. The van der Waals surface area contributed by atoms with Crippen LogP contribution in [-0.4, -0.2) is 15.6 Å². The molecular weight excluding hydrogens is 383 g/mol. The van der Waals surface area contributed by atoms with Crippen molar-refractivity contribution in [2.75, 3.05) is 0 Å². The second kappa shape index (κ2) is 4.54. The second-order valence-electron chi connectivity index (χ2n) is 3.18. The molecule has 0 aliphatic carbocycles. The van der Waals surface area contributed by atoms with E-state index < -0.39 is 0 Å². The fourth-order valence-electron chi connectivity index (χ4n) is 1.36. The summed E-state index contributed by atoms with van der Waals surface area (Å²) in [5.74, 6) is 0.0295. The summed E-state index contributed by atoms with van der Waals surface area (Å²) in [6.45, 7) is 0. The Bertz CT molecular complexity index is 550. The van der Waals surface area contributed by atoms with Gasteiger partial charge in [0.2, 0.25) is 0 Å². The van der Waals surface area contributed by atoms with Crippen molar-refractivity contribution in [3.8, 4) is 5.69 Å². The fourth-order valence-corrected chi connectivity index (χ4v) is 2.11. The largest absolute Gasteiger partial charge is 0.384 e. The number of nitrogens with two attached hydrogens (primary N) is 1. The van der Waals surface area contributed by atoms with Crippen LogP contribution in [0.3, 0.4) is 0 Å². The lowest BCUT2D eigenvalue weighted by atomic mass is 10.1. The molecule has 0 amide bonds. The molecule has 0 saturated heterocycles. The fraction of sp³-hybridized carbons (Fsp3) is 0. The van der Waals surface area contributed by atoms with Crippen molar-refractivity contribution in [3.05, 3.63) is 44.2 Å². The molecule has 0 saturated carbocycles. The molecule has 2 aromatic rings. The van der Waals surface area contributed by atoms with E-state index >= 15 is 0 Å².